The number of nitriles is 1. The Morgan fingerprint density at radius 2 is 2.06 bits per heavy atom. The summed E-state index contributed by atoms with van der Waals surface area (Å²) in [5.41, 5.74) is 0. The summed E-state index contributed by atoms with van der Waals surface area (Å²) in [6.07, 6.45) is 1.85. The summed E-state index contributed by atoms with van der Waals surface area (Å²) in [6, 6.07) is 1.85. The van der Waals surface area contributed by atoms with Crippen molar-refractivity contribution in [3.8, 4) is 6.07 Å². The molecule has 1 aliphatic rings. The van der Waals surface area contributed by atoms with Gasteiger partial charge in [-0.3, -0.25) is 14.5 Å². The van der Waals surface area contributed by atoms with Gasteiger partial charge in [-0.2, -0.15) is 5.26 Å². The second-order valence-electron chi connectivity index (χ2n) is 4.25. The molecule has 6 heteroatoms. The Kier molecular flexibility index (Phi) is 5.43. The van der Waals surface area contributed by atoms with E-state index in [0.717, 1.165) is 25.9 Å². The van der Waals surface area contributed by atoms with Crippen LogP contribution in [-0.2, 0) is 9.59 Å². The number of nitrogens with zero attached hydrogens (tertiary/aromatic N) is 2. The van der Waals surface area contributed by atoms with E-state index in [1.54, 1.807) is 0 Å². The Morgan fingerprint density at radius 3 is 2.59 bits per heavy atom. The van der Waals surface area contributed by atoms with Gasteiger partial charge in [0.2, 0.25) is 5.91 Å². The lowest BCUT2D eigenvalue weighted by Gasteiger charge is -2.30. The molecule has 94 valence electrons. The molecule has 17 heavy (non-hydrogen) atoms. The van der Waals surface area contributed by atoms with Crippen LogP contribution in [0.2, 0.25) is 0 Å². The number of carbonyl (C=O) groups is 2. The minimum atomic E-state index is -0.754. The Hall–Kier alpha value is -1.61. The third kappa shape index (κ3) is 5.31. The smallest absolute Gasteiger partial charge is 0.303 e. The van der Waals surface area contributed by atoms with Crippen molar-refractivity contribution < 1.29 is 14.7 Å². The molecule has 6 nitrogen and oxygen atoms in total. The lowest BCUT2D eigenvalue weighted by molar-refractivity contribution is -0.138. The maximum atomic E-state index is 11.3. The molecule has 0 aromatic rings. The zero-order valence-corrected chi connectivity index (χ0v) is 9.69. The zero-order valence-electron chi connectivity index (χ0n) is 9.69. The predicted octanol–water partition coefficient (Wildman–Crippen LogP) is -0.187. The van der Waals surface area contributed by atoms with Crippen LogP contribution in [0.5, 0.6) is 0 Å². The summed E-state index contributed by atoms with van der Waals surface area (Å²) in [7, 11) is 0. The Bertz CT molecular complexity index is 316. The molecule has 1 aliphatic heterocycles. The van der Waals surface area contributed by atoms with Crippen molar-refractivity contribution in [1.82, 2.24) is 10.2 Å². The molecule has 2 N–H and O–H groups in total. The Labute approximate surface area is 100 Å². The highest BCUT2D eigenvalue weighted by Crippen LogP contribution is 2.19. The molecule has 0 saturated carbocycles. The normalized spacial score (nSPS) is 17.4. The highest BCUT2D eigenvalue weighted by molar-refractivity contribution is 5.78. The number of carboxylic acid groups (broad SMARTS) is 1. The van der Waals surface area contributed by atoms with Gasteiger partial charge in [-0.15, -0.1) is 0 Å². The second-order valence-corrected chi connectivity index (χ2v) is 4.25. The van der Waals surface area contributed by atoms with E-state index in [9.17, 15) is 9.59 Å². The molecule has 0 radical (unpaired) electrons. The van der Waals surface area contributed by atoms with E-state index in [4.69, 9.17) is 10.4 Å². The van der Waals surface area contributed by atoms with Gasteiger partial charge < -0.3 is 10.4 Å². The molecule has 0 atom stereocenters. The maximum absolute atomic E-state index is 11.3. The highest BCUT2D eigenvalue weighted by Gasteiger charge is 2.22. The summed E-state index contributed by atoms with van der Waals surface area (Å²) in [6.45, 7) is 1.83. The quantitative estimate of drug-likeness (QED) is 0.649. The maximum Gasteiger partial charge on any atom is 0.303 e. The number of rotatable bonds is 5. The summed E-state index contributed by atoms with van der Waals surface area (Å²) in [5.74, 6) is -0.677. The van der Waals surface area contributed by atoms with Gasteiger partial charge >= 0.3 is 5.97 Å². The van der Waals surface area contributed by atoms with E-state index < -0.39 is 5.97 Å². The molecule has 1 saturated heterocycles. The van der Waals surface area contributed by atoms with Crippen molar-refractivity contribution in [3.05, 3.63) is 0 Å². The van der Waals surface area contributed by atoms with Crippen molar-refractivity contribution in [1.29, 1.82) is 5.26 Å². The van der Waals surface area contributed by atoms with Gasteiger partial charge in [-0.1, -0.05) is 0 Å². The molecular weight excluding hydrogens is 222 g/mol. The summed E-state index contributed by atoms with van der Waals surface area (Å²) in [5, 5.41) is 19.5. The standard InChI is InChI=1S/C11H17N3O3/c12-3-4-13-10(15)8-14-5-1-9(2-6-14)7-11(16)17/h9H,1-2,4-8H2,(H,13,15)(H,16,17). The average molecular weight is 239 g/mol. The highest BCUT2D eigenvalue weighted by atomic mass is 16.4. The van der Waals surface area contributed by atoms with Gasteiger partial charge in [0, 0.05) is 6.42 Å². The predicted molar refractivity (Wildman–Crippen MR) is 60.0 cm³/mol. The van der Waals surface area contributed by atoms with Gasteiger partial charge in [-0.25, -0.2) is 0 Å². The van der Waals surface area contributed by atoms with Crippen LogP contribution in [0.1, 0.15) is 19.3 Å². The van der Waals surface area contributed by atoms with Crippen LogP contribution < -0.4 is 5.32 Å². The van der Waals surface area contributed by atoms with Gasteiger partial charge in [0.25, 0.3) is 0 Å². The van der Waals surface area contributed by atoms with Crippen LogP contribution in [0.3, 0.4) is 0 Å². The SMILES string of the molecule is N#CCNC(=O)CN1CCC(CC(=O)O)CC1. The number of hydrogen-bond donors (Lipinski definition) is 2. The van der Waals surface area contributed by atoms with Crippen molar-refractivity contribution in [2.24, 2.45) is 5.92 Å². The average Bonchev–Trinajstić information content (AvgIpc) is 2.28. The van der Waals surface area contributed by atoms with Crippen LogP contribution >= 0.6 is 0 Å². The number of piperidine rings is 1. The third-order valence-electron chi connectivity index (χ3n) is 2.90. The molecule has 1 heterocycles. The van der Waals surface area contributed by atoms with E-state index >= 15 is 0 Å². The van der Waals surface area contributed by atoms with Crippen LogP contribution in [-0.4, -0.2) is 48.1 Å². The lowest BCUT2D eigenvalue weighted by atomic mass is 9.94. The minimum Gasteiger partial charge on any atom is -0.481 e. The van der Waals surface area contributed by atoms with Crippen molar-refractivity contribution in [3.63, 3.8) is 0 Å². The Balaban J connectivity index is 2.21. The molecule has 0 bridgehead atoms. The molecule has 1 amide bonds. The number of carbonyl (C=O) groups excluding carboxylic acids is 1. The minimum absolute atomic E-state index is 0.0360. The van der Waals surface area contributed by atoms with Crippen LogP contribution in [0.15, 0.2) is 0 Å². The lowest BCUT2D eigenvalue weighted by Crippen LogP contribution is -2.41. The molecule has 0 aliphatic carbocycles. The first kappa shape index (κ1) is 13.5. The number of amides is 1. The zero-order chi connectivity index (χ0) is 12.7. The first-order valence-electron chi connectivity index (χ1n) is 5.69. The fourth-order valence-corrected chi connectivity index (χ4v) is 1.99. The van der Waals surface area contributed by atoms with Gasteiger partial charge in [-0.05, 0) is 31.8 Å². The number of hydrogen-bond acceptors (Lipinski definition) is 4. The van der Waals surface area contributed by atoms with Crippen molar-refractivity contribution in [2.75, 3.05) is 26.2 Å². The second kappa shape index (κ2) is 6.86. The summed E-state index contributed by atoms with van der Waals surface area (Å²) < 4.78 is 0. The molecular formula is C11H17N3O3. The number of likely N-dealkylation sites (tertiary alicyclic amines) is 1. The van der Waals surface area contributed by atoms with Gasteiger partial charge in [0.15, 0.2) is 0 Å². The molecule has 1 rings (SSSR count). The number of carboxylic acids is 1. The molecule has 0 unspecified atom stereocenters. The van der Waals surface area contributed by atoms with E-state index in [1.807, 2.05) is 11.0 Å². The van der Waals surface area contributed by atoms with Crippen LogP contribution in [0.4, 0.5) is 0 Å². The Morgan fingerprint density at radius 1 is 1.41 bits per heavy atom. The topological polar surface area (TPSA) is 93.4 Å². The monoisotopic (exact) mass is 239 g/mol. The fraction of sp³-hybridized carbons (Fsp3) is 0.727. The van der Waals surface area contributed by atoms with E-state index in [1.165, 1.54) is 0 Å². The van der Waals surface area contributed by atoms with E-state index in [2.05, 4.69) is 5.32 Å². The van der Waals surface area contributed by atoms with E-state index in [0.29, 0.717) is 6.54 Å². The van der Waals surface area contributed by atoms with Crippen LogP contribution in [0.25, 0.3) is 0 Å². The molecule has 0 aromatic carbocycles. The van der Waals surface area contributed by atoms with Crippen molar-refractivity contribution >= 4 is 11.9 Å². The van der Waals surface area contributed by atoms with Gasteiger partial charge in [0.05, 0.1) is 12.6 Å². The van der Waals surface area contributed by atoms with Crippen molar-refractivity contribution in [2.45, 2.75) is 19.3 Å². The van der Waals surface area contributed by atoms with Gasteiger partial charge in [0.1, 0.15) is 6.54 Å². The first-order valence-corrected chi connectivity index (χ1v) is 5.69. The third-order valence-corrected chi connectivity index (χ3v) is 2.90. The fourth-order valence-electron chi connectivity index (χ4n) is 1.99. The summed E-state index contributed by atoms with van der Waals surface area (Å²) in [4.78, 5) is 23.9. The number of aliphatic carboxylic acids is 1. The van der Waals surface area contributed by atoms with E-state index in [-0.39, 0.29) is 24.8 Å². The first-order chi connectivity index (χ1) is 8.11. The largest absolute Gasteiger partial charge is 0.481 e. The molecule has 1 fully saturated rings. The van der Waals surface area contributed by atoms with Crippen LogP contribution in [0, 0.1) is 17.2 Å². The molecule has 0 aromatic heterocycles. The summed E-state index contributed by atoms with van der Waals surface area (Å²) >= 11 is 0. The molecule has 0 spiro atoms. The number of nitrogens with one attached hydrogen (secondary N) is 1.